The summed E-state index contributed by atoms with van der Waals surface area (Å²) in [6, 6.07) is 16.1. The summed E-state index contributed by atoms with van der Waals surface area (Å²) >= 11 is 6.17. The molecule has 2 atom stereocenters. The summed E-state index contributed by atoms with van der Waals surface area (Å²) < 4.78 is 7.08. The van der Waals surface area contributed by atoms with Crippen LogP contribution in [0.2, 0.25) is 5.02 Å². The van der Waals surface area contributed by atoms with E-state index in [4.69, 9.17) is 21.3 Å². The van der Waals surface area contributed by atoms with Gasteiger partial charge in [-0.1, -0.05) is 47.5 Å². The van der Waals surface area contributed by atoms with Crippen LogP contribution in [-0.2, 0) is 4.74 Å². The van der Waals surface area contributed by atoms with Crippen LogP contribution in [0.25, 0.3) is 22.6 Å². The Morgan fingerprint density at radius 1 is 1.11 bits per heavy atom. The minimum absolute atomic E-state index is 0.00918. The van der Waals surface area contributed by atoms with E-state index >= 15 is 0 Å². The molecule has 0 bridgehead atoms. The SMILES string of the molecule is COC(=O)c1nc(N[C@H](C)C2CC2)c2c(n1)nc(-c1cccc(C)c1)n2C(C)c1ccc(Cl)cc1. The zero-order valence-corrected chi connectivity index (χ0v) is 21.0. The Kier molecular flexibility index (Phi) is 6.19. The van der Waals surface area contributed by atoms with Gasteiger partial charge in [0.2, 0.25) is 5.82 Å². The molecule has 1 aliphatic rings. The Balaban J connectivity index is 1.78. The van der Waals surface area contributed by atoms with Crippen molar-refractivity contribution in [2.75, 3.05) is 12.4 Å². The first-order chi connectivity index (χ1) is 16.9. The van der Waals surface area contributed by atoms with Crippen molar-refractivity contribution in [3.63, 3.8) is 0 Å². The number of halogens is 1. The molecule has 1 unspecified atom stereocenters. The number of benzene rings is 2. The largest absolute Gasteiger partial charge is 0.463 e. The fourth-order valence-electron chi connectivity index (χ4n) is 4.47. The molecule has 1 fully saturated rings. The number of carbonyl (C=O) groups excluding carboxylic acids is 1. The number of nitrogens with one attached hydrogen (secondary N) is 1. The van der Waals surface area contributed by atoms with Crippen LogP contribution < -0.4 is 5.32 Å². The van der Waals surface area contributed by atoms with Gasteiger partial charge in [-0.3, -0.25) is 0 Å². The van der Waals surface area contributed by atoms with Crippen molar-refractivity contribution in [3.05, 3.63) is 70.5 Å². The number of esters is 1. The van der Waals surface area contributed by atoms with E-state index in [9.17, 15) is 4.79 Å². The van der Waals surface area contributed by atoms with E-state index in [0.717, 1.165) is 28.0 Å². The number of rotatable bonds is 7. The average molecular weight is 490 g/mol. The lowest BCUT2D eigenvalue weighted by atomic mass is 10.1. The molecule has 2 aromatic carbocycles. The molecule has 0 saturated heterocycles. The van der Waals surface area contributed by atoms with Gasteiger partial charge in [-0.2, -0.15) is 0 Å². The summed E-state index contributed by atoms with van der Waals surface area (Å²) in [5.41, 5.74) is 4.36. The zero-order chi connectivity index (χ0) is 24.7. The molecule has 1 aliphatic carbocycles. The number of aromatic nitrogens is 4. The van der Waals surface area contributed by atoms with E-state index in [1.54, 1.807) is 0 Å². The van der Waals surface area contributed by atoms with Crippen LogP contribution in [0.4, 0.5) is 5.82 Å². The molecule has 180 valence electrons. The van der Waals surface area contributed by atoms with Crippen molar-refractivity contribution in [2.24, 2.45) is 5.92 Å². The van der Waals surface area contributed by atoms with Gasteiger partial charge < -0.3 is 14.6 Å². The first kappa shape index (κ1) is 23.3. The van der Waals surface area contributed by atoms with Crippen molar-refractivity contribution in [3.8, 4) is 11.4 Å². The Morgan fingerprint density at radius 2 is 1.86 bits per heavy atom. The predicted molar refractivity (Wildman–Crippen MR) is 138 cm³/mol. The van der Waals surface area contributed by atoms with Crippen LogP contribution in [0.5, 0.6) is 0 Å². The van der Waals surface area contributed by atoms with Crippen molar-refractivity contribution in [2.45, 2.75) is 45.7 Å². The normalized spacial score (nSPS) is 15.1. The van der Waals surface area contributed by atoms with Crippen LogP contribution in [0.1, 0.15) is 54.5 Å². The highest BCUT2D eigenvalue weighted by Crippen LogP contribution is 2.37. The number of aryl methyl sites for hydroxylation is 1. The smallest absolute Gasteiger partial charge is 0.376 e. The molecule has 0 amide bonds. The summed E-state index contributed by atoms with van der Waals surface area (Å²) in [7, 11) is 1.33. The highest BCUT2D eigenvalue weighted by molar-refractivity contribution is 6.30. The van der Waals surface area contributed by atoms with Crippen LogP contribution in [0, 0.1) is 12.8 Å². The second-order valence-corrected chi connectivity index (χ2v) is 9.67. The molecule has 0 radical (unpaired) electrons. The Morgan fingerprint density at radius 3 is 2.51 bits per heavy atom. The lowest BCUT2D eigenvalue weighted by Gasteiger charge is -2.21. The maximum Gasteiger partial charge on any atom is 0.376 e. The molecule has 1 saturated carbocycles. The van der Waals surface area contributed by atoms with E-state index < -0.39 is 5.97 Å². The third-order valence-corrected chi connectivity index (χ3v) is 6.88. The number of fused-ring (bicyclic) bond motifs is 1. The van der Waals surface area contributed by atoms with Gasteiger partial charge in [0.1, 0.15) is 11.3 Å². The number of nitrogens with zero attached hydrogens (tertiary/aromatic N) is 4. The zero-order valence-electron chi connectivity index (χ0n) is 20.2. The fraction of sp³-hybridized carbons (Fsp3) is 0.333. The number of methoxy groups -OCH3 is 1. The predicted octanol–water partition coefficient (Wildman–Crippen LogP) is 6.06. The molecule has 4 aromatic rings. The molecular weight excluding hydrogens is 462 g/mol. The van der Waals surface area contributed by atoms with E-state index in [2.05, 4.69) is 52.8 Å². The van der Waals surface area contributed by atoms with Crippen LogP contribution in [0.3, 0.4) is 0 Å². The number of carbonyl (C=O) groups is 1. The number of hydrogen-bond acceptors (Lipinski definition) is 6. The van der Waals surface area contributed by atoms with E-state index in [-0.39, 0.29) is 17.9 Å². The lowest BCUT2D eigenvalue weighted by molar-refractivity contribution is 0.0587. The monoisotopic (exact) mass is 489 g/mol. The first-order valence-electron chi connectivity index (χ1n) is 11.8. The molecule has 7 nitrogen and oxygen atoms in total. The Hall–Kier alpha value is -3.45. The molecule has 2 aromatic heterocycles. The van der Waals surface area contributed by atoms with Gasteiger partial charge in [-0.15, -0.1) is 0 Å². The van der Waals surface area contributed by atoms with E-state index in [1.165, 1.54) is 20.0 Å². The highest BCUT2D eigenvalue weighted by Gasteiger charge is 2.31. The van der Waals surface area contributed by atoms with Gasteiger partial charge in [-0.25, -0.2) is 19.7 Å². The molecule has 1 N–H and O–H groups in total. The maximum absolute atomic E-state index is 12.4. The number of anilines is 1. The van der Waals surface area contributed by atoms with Crippen molar-refractivity contribution in [1.29, 1.82) is 0 Å². The van der Waals surface area contributed by atoms with Gasteiger partial charge in [0.15, 0.2) is 11.5 Å². The Bertz CT molecular complexity index is 1390. The number of ether oxygens (including phenoxy) is 1. The van der Waals surface area contributed by atoms with Crippen molar-refractivity contribution < 1.29 is 9.53 Å². The molecule has 0 spiro atoms. The highest BCUT2D eigenvalue weighted by atomic mass is 35.5. The second kappa shape index (κ2) is 9.30. The standard InChI is InChI=1S/C27H28ClN5O2/c1-15-6-5-7-20(14-15)26-32-24-22(33(26)17(3)19-10-12-21(28)13-11-19)23(29-16(2)18-8-9-18)30-25(31-24)27(34)35-4/h5-7,10-14,16-18H,8-9H2,1-4H3,(H,29,30,31)/t16-,17?/m1/s1. The van der Waals surface area contributed by atoms with E-state index in [0.29, 0.717) is 22.4 Å². The van der Waals surface area contributed by atoms with Crippen molar-refractivity contribution in [1.82, 2.24) is 19.5 Å². The minimum Gasteiger partial charge on any atom is -0.463 e. The third-order valence-electron chi connectivity index (χ3n) is 6.62. The third kappa shape index (κ3) is 4.60. The van der Waals surface area contributed by atoms with Gasteiger partial charge in [0.05, 0.1) is 13.2 Å². The van der Waals surface area contributed by atoms with Gasteiger partial charge >= 0.3 is 5.97 Å². The molecular formula is C27H28ClN5O2. The summed E-state index contributed by atoms with van der Waals surface area (Å²) in [5.74, 6) is 1.33. The maximum atomic E-state index is 12.4. The van der Waals surface area contributed by atoms with E-state index in [1.807, 2.05) is 36.4 Å². The number of hydrogen-bond donors (Lipinski definition) is 1. The molecule has 8 heteroatoms. The van der Waals surface area contributed by atoms with Gasteiger partial charge in [0.25, 0.3) is 0 Å². The van der Waals surface area contributed by atoms with Crippen LogP contribution >= 0.6 is 11.6 Å². The second-order valence-electron chi connectivity index (χ2n) is 9.23. The summed E-state index contributed by atoms with van der Waals surface area (Å²) in [6.07, 6.45) is 2.36. The van der Waals surface area contributed by atoms with Gasteiger partial charge in [-0.05, 0) is 63.3 Å². The van der Waals surface area contributed by atoms with Crippen LogP contribution in [0.15, 0.2) is 48.5 Å². The lowest BCUT2D eigenvalue weighted by Crippen LogP contribution is -2.21. The molecule has 2 heterocycles. The fourth-order valence-corrected chi connectivity index (χ4v) is 4.60. The summed E-state index contributed by atoms with van der Waals surface area (Å²) in [4.78, 5) is 26.5. The minimum atomic E-state index is -0.591. The summed E-state index contributed by atoms with van der Waals surface area (Å²) in [6.45, 7) is 6.32. The molecule has 5 rings (SSSR count). The topological polar surface area (TPSA) is 81.9 Å². The Labute approximate surface area is 209 Å². The summed E-state index contributed by atoms with van der Waals surface area (Å²) in [5, 5.41) is 4.24. The first-order valence-corrected chi connectivity index (χ1v) is 12.2. The average Bonchev–Trinajstić information content (AvgIpc) is 3.63. The van der Waals surface area contributed by atoms with Crippen molar-refractivity contribution >= 4 is 34.6 Å². The van der Waals surface area contributed by atoms with Crippen LogP contribution in [-0.4, -0.2) is 38.6 Å². The molecule has 35 heavy (non-hydrogen) atoms. The quantitative estimate of drug-likeness (QED) is 0.318. The number of imidazole rings is 1. The molecule has 0 aliphatic heterocycles. The van der Waals surface area contributed by atoms with Gasteiger partial charge in [0, 0.05) is 16.6 Å².